The van der Waals surface area contributed by atoms with Gasteiger partial charge in [0, 0.05) is 19.9 Å². The summed E-state index contributed by atoms with van der Waals surface area (Å²) in [6.07, 6.45) is 5.58. The van der Waals surface area contributed by atoms with E-state index >= 15 is 0 Å². The van der Waals surface area contributed by atoms with E-state index in [-0.39, 0.29) is 12.5 Å². The zero-order chi connectivity index (χ0) is 11.8. The van der Waals surface area contributed by atoms with Crippen LogP contribution in [0.5, 0.6) is 0 Å². The Hall–Kier alpha value is -1.87. The van der Waals surface area contributed by atoms with Gasteiger partial charge in [0.1, 0.15) is 0 Å². The van der Waals surface area contributed by atoms with Crippen LogP contribution >= 0.6 is 0 Å². The van der Waals surface area contributed by atoms with Crippen molar-refractivity contribution in [2.24, 2.45) is 0 Å². The Labute approximate surface area is 93.8 Å². The average Bonchev–Trinajstić information content (AvgIpc) is 2.65. The maximum atomic E-state index is 11.2. The molecule has 86 valence electrons. The van der Waals surface area contributed by atoms with E-state index in [1.807, 2.05) is 0 Å². The summed E-state index contributed by atoms with van der Waals surface area (Å²) >= 11 is 0. The lowest BCUT2D eigenvalue weighted by Gasteiger charge is -2.02. The number of nitrogens with one attached hydrogen (secondary N) is 2. The normalized spacial score (nSPS) is 9.75. The Morgan fingerprint density at radius 3 is 3.06 bits per heavy atom. The van der Waals surface area contributed by atoms with Crippen molar-refractivity contribution in [3.8, 4) is 12.3 Å². The third-order valence-electron chi connectivity index (χ3n) is 1.75. The number of aryl methyl sites for hydroxylation is 1. The summed E-state index contributed by atoms with van der Waals surface area (Å²) in [7, 11) is 0. The molecule has 0 bridgehead atoms. The zero-order valence-corrected chi connectivity index (χ0v) is 9.12. The molecule has 1 heterocycles. The van der Waals surface area contributed by atoms with E-state index < -0.39 is 0 Å². The molecule has 0 fully saturated rings. The van der Waals surface area contributed by atoms with Crippen LogP contribution in [0.2, 0.25) is 0 Å². The van der Waals surface area contributed by atoms with Crippen molar-refractivity contribution in [3.05, 3.63) is 11.7 Å². The van der Waals surface area contributed by atoms with Crippen molar-refractivity contribution < 1.29 is 9.32 Å². The second kappa shape index (κ2) is 6.58. The number of hydrogen-bond donors (Lipinski definition) is 2. The van der Waals surface area contributed by atoms with E-state index in [1.165, 1.54) is 0 Å². The fraction of sp³-hybridized carbons (Fsp3) is 0.500. The van der Waals surface area contributed by atoms with Gasteiger partial charge in [0.2, 0.25) is 11.8 Å². The van der Waals surface area contributed by atoms with Crippen molar-refractivity contribution in [2.45, 2.75) is 13.3 Å². The van der Waals surface area contributed by atoms with Crippen molar-refractivity contribution in [2.75, 3.05) is 19.6 Å². The van der Waals surface area contributed by atoms with Crippen LogP contribution in [-0.4, -0.2) is 35.7 Å². The summed E-state index contributed by atoms with van der Waals surface area (Å²) in [6, 6.07) is 0. The lowest BCUT2D eigenvalue weighted by atomic mass is 10.4. The first-order valence-corrected chi connectivity index (χ1v) is 4.92. The van der Waals surface area contributed by atoms with Crippen molar-refractivity contribution in [1.82, 2.24) is 20.8 Å². The molecular formula is C10H14N4O2. The second-order valence-electron chi connectivity index (χ2n) is 3.14. The van der Waals surface area contributed by atoms with Gasteiger partial charge in [0.15, 0.2) is 5.82 Å². The van der Waals surface area contributed by atoms with E-state index in [1.54, 1.807) is 6.92 Å². The van der Waals surface area contributed by atoms with Crippen LogP contribution < -0.4 is 10.6 Å². The third-order valence-corrected chi connectivity index (χ3v) is 1.75. The highest BCUT2D eigenvalue weighted by atomic mass is 16.5. The zero-order valence-electron chi connectivity index (χ0n) is 9.12. The molecule has 1 aromatic heterocycles. The Morgan fingerprint density at radius 1 is 1.62 bits per heavy atom. The van der Waals surface area contributed by atoms with Crippen LogP contribution in [0, 0.1) is 19.3 Å². The van der Waals surface area contributed by atoms with Crippen LogP contribution in [0.15, 0.2) is 4.52 Å². The number of aromatic nitrogens is 2. The molecule has 0 saturated heterocycles. The number of carbonyl (C=O) groups excluding carboxylic acids is 1. The molecular weight excluding hydrogens is 208 g/mol. The standard InChI is InChI=1S/C10H14N4O2/c1-3-5-11-7-10(15)12-6-4-9-13-8(2)16-14-9/h1,11H,4-7H2,2H3,(H,12,15). The number of rotatable bonds is 6. The smallest absolute Gasteiger partial charge is 0.233 e. The van der Waals surface area contributed by atoms with Crippen LogP contribution in [0.3, 0.4) is 0 Å². The summed E-state index contributed by atoms with van der Waals surface area (Å²) in [5.41, 5.74) is 0. The molecule has 0 saturated carbocycles. The van der Waals surface area contributed by atoms with Gasteiger partial charge in [-0.1, -0.05) is 11.1 Å². The maximum absolute atomic E-state index is 11.2. The molecule has 0 radical (unpaired) electrons. The van der Waals surface area contributed by atoms with E-state index in [9.17, 15) is 4.79 Å². The van der Waals surface area contributed by atoms with E-state index in [0.717, 1.165) is 0 Å². The SMILES string of the molecule is C#CCNCC(=O)NCCc1noc(C)n1. The predicted octanol–water partition coefficient (Wildman–Crippen LogP) is -0.740. The second-order valence-corrected chi connectivity index (χ2v) is 3.14. The third kappa shape index (κ3) is 4.57. The van der Waals surface area contributed by atoms with Crippen LogP contribution in [0.25, 0.3) is 0 Å². The quantitative estimate of drug-likeness (QED) is 0.489. The summed E-state index contributed by atoms with van der Waals surface area (Å²) in [5, 5.41) is 9.21. The Morgan fingerprint density at radius 2 is 2.44 bits per heavy atom. The van der Waals surface area contributed by atoms with E-state index in [4.69, 9.17) is 10.9 Å². The molecule has 0 aromatic carbocycles. The van der Waals surface area contributed by atoms with Crippen molar-refractivity contribution in [3.63, 3.8) is 0 Å². The molecule has 1 amide bonds. The number of hydrogen-bond acceptors (Lipinski definition) is 5. The van der Waals surface area contributed by atoms with Gasteiger partial charge >= 0.3 is 0 Å². The van der Waals surface area contributed by atoms with Gasteiger partial charge in [0.25, 0.3) is 0 Å². The molecule has 1 rings (SSSR count). The summed E-state index contributed by atoms with van der Waals surface area (Å²) in [6.45, 7) is 2.81. The van der Waals surface area contributed by atoms with Gasteiger partial charge < -0.3 is 9.84 Å². The highest BCUT2D eigenvalue weighted by molar-refractivity contribution is 5.77. The van der Waals surface area contributed by atoms with Crippen molar-refractivity contribution >= 4 is 5.91 Å². The molecule has 0 aliphatic carbocycles. The van der Waals surface area contributed by atoms with Crippen molar-refractivity contribution in [1.29, 1.82) is 0 Å². The van der Waals surface area contributed by atoms with Crippen LogP contribution in [-0.2, 0) is 11.2 Å². The van der Waals surface area contributed by atoms with E-state index in [0.29, 0.717) is 31.2 Å². The van der Waals surface area contributed by atoms with Gasteiger partial charge in [-0.15, -0.1) is 6.42 Å². The van der Waals surface area contributed by atoms with Crippen LogP contribution in [0.1, 0.15) is 11.7 Å². The fourth-order valence-corrected chi connectivity index (χ4v) is 1.07. The lowest BCUT2D eigenvalue weighted by Crippen LogP contribution is -2.35. The highest BCUT2D eigenvalue weighted by Crippen LogP contribution is 1.94. The first-order valence-electron chi connectivity index (χ1n) is 4.92. The first kappa shape index (κ1) is 12.2. The van der Waals surface area contributed by atoms with Gasteiger partial charge in [-0.25, -0.2) is 0 Å². The summed E-state index contributed by atoms with van der Waals surface area (Å²) in [4.78, 5) is 15.2. The number of carbonyl (C=O) groups is 1. The largest absolute Gasteiger partial charge is 0.355 e. The maximum Gasteiger partial charge on any atom is 0.233 e. The number of amides is 1. The minimum absolute atomic E-state index is 0.101. The molecule has 0 unspecified atom stereocenters. The molecule has 6 nitrogen and oxygen atoms in total. The molecule has 0 aliphatic heterocycles. The average molecular weight is 222 g/mol. The minimum atomic E-state index is -0.101. The molecule has 1 aromatic rings. The van der Waals surface area contributed by atoms with Gasteiger partial charge in [-0.3, -0.25) is 10.1 Å². The molecule has 16 heavy (non-hydrogen) atoms. The number of nitrogens with zero attached hydrogens (tertiary/aromatic N) is 2. The molecule has 2 N–H and O–H groups in total. The van der Waals surface area contributed by atoms with Gasteiger partial charge in [0.05, 0.1) is 13.1 Å². The topological polar surface area (TPSA) is 80.0 Å². The lowest BCUT2D eigenvalue weighted by molar-refractivity contribution is -0.120. The predicted molar refractivity (Wildman–Crippen MR) is 57.5 cm³/mol. The monoisotopic (exact) mass is 222 g/mol. The fourth-order valence-electron chi connectivity index (χ4n) is 1.07. The Kier molecular flexibility index (Phi) is 5.02. The number of terminal acetylenes is 1. The van der Waals surface area contributed by atoms with E-state index in [2.05, 4.69) is 26.7 Å². The first-order chi connectivity index (χ1) is 7.72. The molecule has 0 atom stereocenters. The van der Waals surface area contributed by atoms with Gasteiger partial charge in [-0.05, 0) is 0 Å². The highest BCUT2D eigenvalue weighted by Gasteiger charge is 2.03. The van der Waals surface area contributed by atoms with Gasteiger partial charge in [-0.2, -0.15) is 4.98 Å². The minimum Gasteiger partial charge on any atom is -0.355 e. The Balaban J connectivity index is 2.11. The molecule has 0 aliphatic rings. The summed E-state index contributed by atoms with van der Waals surface area (Å²) in [5.74, 6) is 3.40. The Bertz CT molecular complexity index is 380. The summed E-state index contributed by atoms with van der Waals surface area (Å²) < 4.78 is 4.79. The molecule has 0 spiro atoms. The molecule has 6 heteroatoms. The van der Waals surface area contributed by atoms with Crippen LogP contribution in [0.4, 0.5) is 0 Å².